The monoisotopic (exact) mass is 390 g/mol. The number of hydrogen-bond acceptors (Lipinski definition) is 5. The minimum absolute atomic E-state index is 0.119. The largest absolute Gasteiger partial charge is 0.466 e. The Bertz CT molecular complexity index is 611. The van der Waals surface area contributed by atoms with Crippen molar-refractivity contribution in [3.63, 3.8) is 0 Å². The highest BCUT2D eigenvalue weighted by molar-refractivity contribution is 9.10. The van der Waals surface area contributed by atoms with Crippen molar-refractivity contribution in [3.8, 4) is 0 Å². The van der Waals surface area contributed by atoms with E-state index in [9.17, 15) is 13.2 Å². The van der Waals surface area contributed by atoms with Crippen LogP contribution in [0.3, 0.4) is 0 Å². The third-order valence-electron chi connectivity index (χ3n) is 3.61. The Hall–Kier alpha value is -0.920. The first kappa shape index (κ1) is 17.4. The topological polar surface area (TPSA) is 69.7 Å². The van der Waals surface area contributed by atoms with E-state index in [-0.39, 0.29) is 16.8 Å². The van der Waals surface area contributed by atoms with Crippen molar-refractivity contribution in [2.24, 2.45) is 5.92 Å². The van der Waals surface area contributed by atoms with Gasteiger partial charge in [0.1, 0.15) is 0 Å². The number of halogens is 1. The van der Waals surface area contributed by atoms with Crippen LogP contribution in [0.2, 0.25) is 0 Å². The Morgan fingerprint density at radius 2 is 1.95 bits per heavy atom. The Kier molecular flexibility index (Phi) is 6.00. The Balaban J connectivity index is 2.03. The van der Waals surface area contributed by atoms with Gasteiger partial charge in [-0.3, -0.25) is 8.98 Å². The smallest absolute Gasteiger partial charge is 0.309 e. The summed E-state index contributed by atoms with van der Waals surface area (Å²) in [5.74, 6) is -0.546. The molecule has 2 rings (SSSR count). The first-order chi connectivity index (χ1) is 10.4. The van der Waals surface area contributed by atoms with E-state index in [1.807, 2.05) is 0 Å². The van der Waals surface area contributed by atoms with E-state index >= 15 is 0 Å². The van der Waals surface area contributed by atoms with Crippen molar-refractivity contribution in [3.05, 3.63) is 28.7 Å². The zero-order valence-corrected chi connectivity index (χ0v) is 14.7. The second-order valence-electron chi connectivity index (χ2n) is 5.24. The highest BCUT2D eigenvalue weighted by atomic mass is 79.9. The third kappa shape index (κ3) is 4.54. The van der Waals surface area contributed by atoms with Crippen LogP contribution in [0.4, 0.5) is 0 Å². The lowest BCUT2D eigenvalue weighted by atomic mass is 9.87. The fourth-order valence-corrected chi connectivity index (χ4v) is 3.92. The van der Waals surface area contributed by atoms with Crippen LogP contribution in [0.25, 0.3) is 0 Å². The summed E-state index contributed by atoms with van der Waals surface area (Å²) in [7, 11) is -3.81. The van der Waals surface area contributed by atoms with E-state index in [1.165, 1.54) is 12.1 Å². The van der Waals surface area contributed by atoms with Crippen LogP contribution in [-0.2, 0) is 23.8 Å². The minimum Gasteiger partial charge on any atom is -0.466 e. The average Bonchev–Trinajstić information content (AvgIpc) is 2.48. The second kappa shape index (κ2) is 7.57. The van der Waals surface area contributed by atoms with Gasteiger partial charge in [-0.05, 0) is 56.9 Å². The molecule has 0 heterocycles. The van der Waals surface area contributed by atoms with Crippen LogP contribution < -0.4 is 0 Å². The van der Waals surface area contributed by atoms with Crippen molar-refractivity contribution in [1.29, 1.82) is 0 Å². The third-order valence-corrected chi connectivity index (χ3v) is 5.51. The normalized spacial score (nSPS) is 22.3. The zero-order valence-electron chi connectivity index (χ0n) is 12.3. The van der Waals surface area contributed by atoms with E-state index in [4.69, 9.17) is 8.92 Å². The minimum atomic E-state index is -3.81. The molecule has 2 atom stereocenters. The van der Waals surface area contributed by atoms with Crippen molar-refractivity contribution in [2.75, 3.05) is 6.61 Å². The quantitative estimate of drug-likeness (QED) is 0.569. The van der Waals surface area contributed by atoms with Gasteiger partial charge in [0.25, 0.3) is 10.1 Å². The maximum Gasteiger partial charge on any atom is 0.309 e. The fraction of sp³-hybridized carbons (Fsp3) is 0.533. The molecule has 1 aromatic carbocycles. The molecule has 22 heavy (non-hydrogen) atoms. The number of ether oxygens (including phenoxy) is 1. The summed E-state index contributed by atoms with van der Waals surface area (Å²) < 4.78 is 35.6. The molecule has 0 aliphatic heterocycles. The first-order valence-corrected chi connectivity index (χ1v) is 9.48. The molecule has 1 fully saturated rings. The summed E-state index contributed by atoms with van der Waals surface area (Å²) in [6, 6.07) is 6.28. The van der Waals surface area contributed by atoms with E-state index in [1.54, 1.807) is 19.1 Å². The van der Waals surface area contributed by atoms with Gasteiger partial charge in [0, 0.05) is 4.47 Å². The van der Waals surface area contributed by atoms with Gasteiger partial charge in [0.15, 0.2) is 0 Å². The molecular formula is C15H19BrO5S. The standard InChI is InChI=1S/C15H19BrO5S/c1-2-20-15(17)11-4-3-5-13(10-11)21-22(18,19)14-8-6-12(16)7-9-14/h6-9,11,13H,2-5,10H2,1H3. The molecule has 0 N–H and O–H groups in total. The van der Waals surface area contributed by atoms with Crippen LogP contribution in [0.5, 0.6) is 0 Å². The lowest BCUT2D eigenvalue weighted by Gasteiger charge is -2.27. The van der Waals surface area contributed by atoms with Gasteiger partial charge in [0.2, 0.25) is 0 Å². The summed E-state index contributed by atoms with van der Waals surface area (Å²) in [6.45, 7) is 2.09. The molecule has 0 amide bonds. The second-order valence-corrected chi connectivity index (χ2v) is 7.73. The summed E-state index contributed by atoms with van der Waals surface area (Å²) >= 11 is 3.26. The number of benzene rings is 1. The molecule has 1 aliphatic carbocycles. The molecule has 0 bridgehead atoms. The van der Waals surface area contributed by atoms with E-state index < -0.39 is 16.2 Å². The molecule has 0 saturated heterocycles. The number of esters is 1. The predicted octanol–water partition coefficient (Wildman–Crippen LogP) is 3.28. The molecule has 122 valence electrons. The van der Waals surface area contributed by atoms with Gasteiger partial charge in [-0.15, -0.1) is 0 Å². The fourth-order valence-electron chi connectivity index (χ4n) is 2.54. The SMILES string of the molecule is CCOC(=O)C1CCCC(OS(=O)(=O)c2ccc(Br)cc2)C1. The first-order valence-electron chi connectivity index (χ1n) is 7.28. The molecule has 0 aromatic heterocycles. The molecule has 1 saturated carbocycles. The predicted molar refractivity (Wildman–Crippen MR) is 84.8 cm³/mol. The summed E-state index contributed by atoms with van der Waals surface area (Å²) in [6.07, 6.45) is 2.01. The van der Waals surface area contributed by atoms with Crippen LogP contribution in [-0.4, -0.2) is 27.1 Å². The van der Waals surface area contributed by atoms with Crippen molar-refractivity contribution in [1.82, 2.24) is 0 Å². The Morgan fingerprint density at radius 1 is 1.27 bits per heavy atom. The van der Waals surface area contributed by atoms with Crippen LogP contribution >= 0.6 is 15.9 Å². The molecule has 2 unspecified atom stereocenters. The molecular weight excluding hydrogens is 372 g/mol. The summed E-state index contributed by atoms with van der Waals surface area (Å²) in [4.78, 5) is 11.9. The van der Waals surface area contributed by atoms with Crippen molar-refractivity contribution >= 4 is 32.0 Å². The van der Waals surface area contributed by atoms with Gasteiger partial charge < -0.3 is 4.74 Å². The summed E-state index contributed by atoms with van der Waals surface area (Å²) in [5, 5.41) is 0. The molecule has 7 heteroatoms. The molecule has 5 nitrogen and oxygen atoms in total. The van der Waals surface area contributed by atoms with E-state index in [2.05, 4.69) is 15.9 Å². The van der Waals surface area contributed by atoms with Crippen molar-refractivity contribution < 1.29 is 22.1 Å². The lowest BCUT2D eigenvalue weighted by molar-refractivity contribution is -0.150. The van der Waals surface area contributed by atoms with Gasteiger partial charge in [-0.25, -0.2) is 0 Å². The van der Waals surface area contributed by atoms with Gasteiger partial charge >= 0.3 is 5.97 Å². The van der Waals surface area contributed by atoms with E-state index in [0.717, 1.165) is 17.3 Å². The maximum absolute atomic E-state index is 12.3. The van der Waals surface area contributed by atoms with Crippen LogP contribution in [0.1, 0.15) is 32.6 Å². The van der Waals surface area contributed by atoms with Gasteiger partial charge in [-0.1, -0.05) is 15.9 Å². The zero-order chi connectivity index (χ0) is 16.2. The molecule has 1 aliphatic rings. The highest BCUT2D eigenvalue weighted by Gasteiger charge is 2.32. The average molecular weight is 391 g/mol. The molecule has 1 aromatic rings. The molecule has 0 spiro atoms. The van der Waals surface area contributed by atoms with Crippen LogP contribution in [0.15, 0.2) is 33.6 Å². The van der Waals surface area contributed by atoms with Crippen molar-refractivity contribution in [2.45, 2.75) is 43.6 Å². The number of carbonyl (C=O) groups excluding carboxylic acids is 1. The Labute approximate surface area is 139 Å². The van der Waals surface area contributed by atoms with Gasteiger partial charge in [-0.2, -0.15) is 8.42 Å². The van der Waals surface area contributed by atoms with E-state index in [0.29, 0.717) is 19.4 Å². The Morgan fingerprint density at radius 3 is 2.59 bits per heavy atom. The number of hydrogen-bond donors (Lipinski definition) is 0. The summed E-state index contributed by atoms with van der Waals surface area (Å²) in [5.41, 5.74) is 0. The maximum atomic E-state index is 12.3. The number of rotatable bonds is 5. The highest BCUT2D eigenvalue weighted by Crippen LogP contribution is 2.30. The van der Waals surface area contributed by atoms with Gasteiger partial charge in [0.05, 0.1) is 23.5 Å². The molecule has 0 radical (unpaired) electrons. The number of carbonyl (C=O) groups is 1. The van der Waals surface area contributed by atoms with Crippen LogP contribution in [0, 0.1) is 5.92 Å². The lowest BCUT2D eigenvalue weighted by Crippen LogP contribution is -2.30.